The fraction of sp³-hybridized carbons (Fsp3) is 0.0926. The zero-order valence-electron chi connectivity index (χ0n) is 32.4. The number of fused-ring (bicyclic) bond motifs is 6. The van der Waals surface area contributed by atoms with E-state index in [1.54, 1.807) is 0 Å². The van der Waals surface area contributed by atoms with Gasteiger partial charge in [-0.3, -0.25) is 0 Å². The van der Waals surface area contributed by atoms with Crippen molar-refractivity contribution in [3.8, 4) is 56.2 Å². The molecule has 1 aliphatic carbocycles. The zero-order valence-corrected chi connectivity index (χ0v) is 32.4. The highest BCUT2D eigenvalue weighted by atomic mass is 15.0. The standard InChI is InChI=1S/C54H41N3/c1-4-5-6-10-28-49-55-52(36-19-8-7-9-20-36)57-53(56-49)51-43-25-14-13-24-42(43)50(38-30-32-48-45(34-38)41-23-15-16-27-47(41)54(48,2)3)46-33-37(29-31-44(46)51)40-26-17-21-35-18-11-12-22-39(35)40/h4-27,29-34H,28H2,1-3H3/b5-4-,10-6-. The van der Waals surface area contributed by atoms with Crippen LogP contribution in [0.25, 0.3) is 88.5 Å². The van der Waals surface area contributed by atoms with Crippen molar-refractivity contribution < 1.29 is 0 Å². The molecule has 0 N–H and O–H groups in total. The molecule has 10 rings (SSSR count). The van der Waals surface area contributed by atoms with Gasteiger partial charge in [-0.1, -0.05) is 184 Å². The second-order valence-corrected chi connectivity index (χ2v) is 15.4. The first-order chi connectivity index (χ1) is 28.0. The Balaban J connectivity index is 1.29. The van der Waals surface area contributed by atoms with E-state index in [-0.39, 0.29) is 5.41 Å². The highest BCUT2D eigenvalue weighted by Crippen LogP contribution is 2.51. The second kappa shape index (κ2) is 14.0. The van der Waals surface area contributed by atoms with Crippen molar-refractivity contribution in [3.05, 3.63) is 199 Å². The lowest BCUT2D eigenvalue weighted by atomic mass is 9.81. The lowest BCUT2D eigenvalue weighted by molar-refractivity contribution is 0.660. The summed E-state index contributed by atoms with van der Waals surface area (Å²) in [6.45, 7) is 6.71. The molecule has 0 saturated carbocycles. The molecule has 0 aliphatic heterocycles. The van der Waals surface area contributed by atoms with Crippen molar-refractivity contribution in [2.45, 2.75) is 32.6 Å². The number of nitrogens with zero attached hydrogens (tertiary/aromatic N) is 3. The lowest BCUT2D eigenvalue weighted by Gasteiger charge is -2.22. The van der Waals surface area contributed by atoms with Gasteiger partial charge in [-0.25, -0.2) is 15.0 Å². The van der Waals surface area contributed by atoms with E-state index in [1.807, 2.05) is 37.3 Å². The predicted octanol–water partition coefficient (Wildman–Crippen LogP) is 14.0. The van der Waals surface area contributed by atoms with Crippen LogP contribution in [0.4, 0.5) is 0 Å². The largest absolute Gasteiger partial charge is 0.213 e. The van der Waals surface area contributed by atoms with Crippen LogP contribution in [0.1, 0.15) is 37.7 Å². The monoisotopic (exact) mass is 731 g/mol. The molecule has 0 bridgehead atoms. The van der Waals surface area contributed by atoms with E-state index in [0.717, 1.165) is 38.5 Å². The van der Waals surface area contributed by atoms with Crippen molar-refractivity contribution in [3.63, 3.8) is 0 Å². The molecule has 57 heavy (non-hydrogen) atoms. The summed E-state index contributed by atoms with van der Waals surface area (Å²) in [5.41, 5.74) is 12.0. The minimum atomic E-state index is -0.0746. The Morgan fingerprint density at radius 3 is 1.95 bits per heavy atom. The Morgan fingerprint density at radius 1 is 0.456 bits per heavy atom. The minimum absolute atomic E-state index is 0.0746. The van der Waals surface area contributed by atoms with Gasteiger partial charge in [0.2, 0.25) is 0 Å². The summed E-state index contributed by atoms with van der Waals surface area (Å²) in [6, 6.07) is 57.3. The molecule has 9 aromatic rings. The summed E-state index contributed by atoms with van der Waals surface area (Å²) < 4.78 is 0. The maximum absolute atomic E-state index is 5.27. The summed E-state index contributed by atoms with van der Waals surface area (Å²) in [5, 5.41) is 7.00. The van der Waals surface area contributed by atoms with Crippen molar-refractivity contribution in [1.82, 2.24) is 15.0 Å². The first-order valence-corrected chi connectivity index (χ1v) is 19.8. The normalized spacial score (nSPS) is 13.2. The number of rotatable bonds is 7. The van der Waals surface area contributed by atoms with Crippen LogP contribution in [0.2, 0.25) is 0 Å². The Kier molecular flexibility index (Phi) is 8.45. The van der Waals surface area contributed by atoms with Gasteiger partial charge in [0.1, 0.15) is 5.82 Å². The van der Waals surface area contributed by atoms with Gasteiger partial charge >= 0.3 is 0 Å². The molecule has 3 heteroatoms. The first kappa shape index (κ1) is 34.5. The van der Waals surface area contributed by atoms with Crippen molar-refractivity contribution >= 4 is 32.3 Å². The SMILES string of the molecule is C/C=C\C=C/Cc1nc(-c2ccccc2)nc(-c2c3ccccc3c(-c3ccc4c(c3)-c3ccccc3C4(C)C)c3cc(-c4cccc5ccccc45)ccc23)n1. The van der Waals surface area contributed by atoms with Crippen LogP contribution in [-0.2, 0) is 11.8 Å². The lowest BCUT2D eigenvalue weighted by Crippen LogP contribution is -2.14. The smallest absolute Gasteiger partial charge is 0.164 e. The molecule has 1 aromatic heterocycles. The quantitative estimate of drug-likeness (QED) is 0.121. The third kappa shape index (κ3) is 5.86. The number of hydrogen-bond acceptors (Lipinski definition) is 3. The van der Waals surface area contributed by atoms with Crippen molar-refractivity contribution in [1.29, 1.82) is 0 Å². The van der Waals surface area contributed by atoms with Crippen molar-refractivity contribution in [2.75, 3.05) is 0 Å². The molecule has 0 radical (unpaired) electrons. The van der Waals surface area contributed by atoms with E-state index < -0.39 is 0 Å². The van der Waals surface area contributed by atoms with E-state index >= 15 is 0 Å². The fourth-order valence-electron chi connectivity index (χ4n) is 8.95. The zero-order chi connectivity index (χ0) is 38.5. The van der Waals surface area contributed by atoms with Crippen LogP contribution >= 0.6 is 0 Å². The van der Waals surface area contributed by atoms with Crippen LogP contribution in [0, 0.1) is 0 Å². The predicted molar refractivity (Wildman–Crippen MR) is 239 cm³/mol. The van der Waals surface area contributed by atoms with Crippen molar-refractivity contribution in [2.24, 2.45) is 0 Å². The van der Waals surface area contributed by atoms with E-state index in [1.165, 1.54) is 55.3 Å². The molecule has 0 atom stereocenters. The molecule has 0 saturated heterocycles. The van der Waals surface area contributed by atoms with Gasteiger partial charge in [-0.15, -0.1) is 0 Å². The summed E-state index contributed by atoms with van der Waals surface area (Å²) in [6.07, 6.45) is 8.81. The number of allylic oxidation sites excluding steroid dienone is 4. The summed E-state index contributed by atoms with van der Waals surface area (Å²) in [5.74, 6) is 2.07. The Hall–Kier alpha value is -6.97. The van der Waals surface area contributed by atoms with Gasteiger partial charge in [0.25, 0.3) is 0 Å². The van der Waals surface area contributed by atoms with E-state index in [9.17, 15) is 0 Å². The van der Waals surface area contributed by atoms with E-state index in [0.29, 0.717) is 18.1 Å². The van der Waals surface area contributed by atoms with Gasteiger partial charge in [0.15, 0.2) is 11.6 Å². The van der Waals surface area contributed by atoms with Gasteiger partial charge < -0.3 is 0 Å². The number of benzene rings is 8. The third-order valence-corrected chi connectivity index (χ3v) is 11.7. The Morgan fingerprint density at radius 2 is 1.11 bits per heavy atom. The summed E-state index contributed by atoms with van der Waals surface area (Å²) in [4.78, 5) is 15.5. The molecule has 0 spiro atoms. The maximum atomic E-state index is 5.27. The second-order valence-electron chi connectivity index (χ2n) is 15.4. The topological polar surface area (TPSA) is 38.7 Å². The molecule has 0 fully saturated rings. The fourth-order valence-corrected chi connectivity index (χ4v) is 8.95. The van der Waals surface area contributed by atoms with Crippen LogP contribution in [0.15, 0.2) is 182 Å². The van der Waals surface area contributed by atoms with Crippen LogP contribution in [-0.4, -0.2) is 15.0 Å². The maximum Gasteiger partial charge on any atom is 0.164 e. The van der Waals surface area contributed by atoms with Crippen LogP contribution in [0.3, 0.4) is 0 Å². The van der Waals surface area contributed by atoms with E-state index in [4.69, 9.17) is 15.0 Å². The van der Waals surface area contributed by atoms with Gasteiger partial charge in [-0.05, 0) is 95.9 Å². The highest BCUT2D eigenvalue weighted by Gasteiger charge is 2.35. The minimum Gasteiger partial charge on any atom is -0.213 e. The highest BCUT2D eigenvalue weighted by molar-refractivity contribution is 6.22. The molecular formula is C54H41N3. The number of aromatic nitrogens is 3. The Labute approximate surface area is 333 Å². The first-order valence-electron chi connectivity index (χ1n) is 19.8. The summed E-state index contributed by atoms with van der Waals surface area (Å²) >= 11 is 0. The van der Waals surface area contributed by atoms with Gasteiger partial charge in [0, 0.05) is 23.0 Å². The molecule has 1 heterocycles. The Bertz CT molecular complexity index is 3070. The van der Waals surface area contributed by atoms with Crippen LogP contribution < -0.4 is 0 Å². The van der Waals surface area contributed by atoms with E-state index in [2.05, 4.69) is 166 Å². The third-order valence-electron chi connectivity index (χ3n) is 11.7. The molecule has 1 aliphatic rings. The van der Waals surface area contributed by atoms with Gasteiger partial charge in [0.05, 0.1) is 0 Å². The average Bonchev–Trinajstić information content (AvgIpc) is 3.49. The summed E-state index contributed by atoms with van der Waals surface area (Å²) in [7, 11) is 0. The van der Waals surface area contributed by atoms with Gasteiger partial charge in [-0.2, -0.15) is 0 Å². The average molecular weight is 732 g/mol. The molecular weight excluding hydrogens is 691 g/mol. The number of hydrogen-bond donors (Lipinski definition) is 0. The molecule has 0 unspecified atom stereocenters. The van der Waals surface area contributed by atoms with Crippen LogP contribution in [0.5, 0.6) is 0 Å². The molecule has 272 valence electrons. The molecule has 3 nitrogen and oxygen atoms in total. The molecule has 0 amide bonds. The molecule has 8 aromatic carbocycles.